The van der Waals surface area contributed by atoms with Crippen molar-refractivity contribution in [3.63, 3.8) is 0 Å². The number of nitrogens with zero attached hydrogens (tertiary/aromatic N) is 6. The van der Waals surface area contributed by atoms with Crippen LogP contribution < -0.4 is 0 Å². The SMILES string of the molecule is Cc1cccc(-c2nc(Cn3nnc(-c4nc(-c5ccc(Cl)cc5)no4)c3C)c(C)o2)c1. The van der Waals surface area contributed by atoms with Crippen molar-refractivity contribution in [3.05, 3.63) is 76.3 Å². The lowest BCUT2D eigenvalue weighted by Gasteiger charge is -2.00. The highest BCUT2D eigenvalue weighted by Gasteiger charge is 2.20. The zero-order valence-electron chi connectivity index (χ0n) is 17.7. The summed E-state index contributed by atoms with van der Waals surface area (Å²) in [5.74, 6) is 2.08. The van der Waals surface area contributed by atoms with E-state index in [1.54, 1.807) is 16.8 Å². The van der Waals surface area contributed by atoms with Gasteiger partial charge in [-0.2, -0.15) is 4.98 Å². The van der Waals surface area contributed by atoms with E-state index < -0.39 is 0 Å². The molecule has 8 nitrogen and oxygen atoms in total. The van der Waals surface area contributed by atoms with E-state index in [1.165, 1.54) is 0 Å². The molecular formula is C23H19ClN6O2. The second-order valence-corrected chi connectivity index (χ2v) is 7.94. The van der Waals surface area contributed by atoms with E-state index in [-0.39, 0.29) is 0 Å². The van der Waals surface area contributed by atoms with Crippen molar-refractivity contribution in [1.82, 2.24) is 30.1 Å². The van der Waals surface area contributed by atoms with E-state index in [9.17, 15) is 0 Å². The van der Waals surface area contributed by atoms with Gasteiger partial charge in [0.2, 0.25) is 11.7 Å². The summed E-state index contributed by atoms with van der Waals surface area (Å²) in [4.78, 5) is 9.13. The highest BCUT2D eigenvalue weighted by molar-refractivity contribution is 6.30. The lowest BCUT2D eigenvalue weighted by molar-refractivity contribution is 0.430. The molecule has 0 aliphatic heterocycles. The summed E-state index contributed by atoms with van der Waals surface area (Å²) in [6.07, 6.45) is 0. The van der Waals surface area contributed by atoms with Crippen molar-refractivity contribution in [3.8, 4) is 34.4 Å². The zero-order valence-corrected chi connectivity index (χ0v) is 18.5. The van der Waals surface area contributed by atoms with Gasteiger partial charge < -0.3 is 8.94 Å². The minimum Gasteiger partial charge on any atom is -0.441 e. The maximum atomic E-state index is 5.95. The number of hydrogen-bond donors (Lipinski definition) is 0. The van der Waals surface area contributed by atoms with Crippen LogP contribution in [0.3, 0.4) is 0 Å². The van der Waals surface area contributed by atoms with Gasteiger partial charge in [0.25, 0.3) is 5.89 Å². The van der Waals surface area contributed by atoms with Crippen LogP contribution in [0.5, 0.6) is 0 Å². The van der Waals surface area contributed by atoms with Crippen LogP contribution in [0.15, 0.2) is 57.5 Å². The first-order chi connectivity index (χ1) is 15.5. The number of halogens is 1. The normalized spacial score (nSPS) is 11.2. The maximum absolute atomic E-state index is 5.95. The molecule has 0 amide bonds. The molecule has 0 aliphatic rings. The maximum Gasteiger partial charge on any atom is 0.280 e. The molecule has 5 rings (SSSR count). The third kappa shape index (κ3) is 3.80. The van der Waals surface area contributed by atoms with E-state index in [4.69, 9.17) is 20.5 Å². The molecule has 0 aliphatic carbocycles. The number of hydrogen-bond acceptors (Lipinski definition) is 7. The first-order valence-corrected chi connectivity index (χ1v) is 10.4. The fourth-order valence-electron chi connectivity index (χ4n) is 3.36. The fourth-order valence-corrected chi connectivity index (χ4v) is 3.49. The lowest BCUT2D eigenvalue weighted by Crippen LogP contribution is -2.05. The third-order valence-corrected chi connectivity index (χ3v) is 5.42. The Balaban J connectivity index is 1.40. The van der Waals surface area contributed by atoms with Crippen molar-refractivity contribution in [2.24, 2.45) is 0 Å². The number of oxazole rings is 1. The van der Waals surface area contributed by atoms with E-state index >= 15 is 0 Å². The second kappa shape index (κ2) is 8.05. The third-order valence-electron chi connectivity index (χ3n) is 5.17. The van der Waals surface area contributed by atoms with Gasteiger partial charge in [0.05, 0.1) is 12.2 Å². The summed E-state index contributed by atoms with van der Waals surface area (Å²) < 4.78 is 13.1. The first-order valence-electron chi connectivity index (χ1n) is 10.0. The molecule has 5 aromatic rings. The van der Waals surface area contributed by atoms with Gasteiger partial charge >= 0.3 is 0 Å². The topological polar surface area (TPSA) is 95.7 Å². The van der Waals surface area contributed by atoms with Gasteiger partial charge in [-0.1, -0.05) is 39.7 Å². The Kier molecular flexibility index (Phi) is 5.07. The van der Waals surface area contributed by atoms with E-state index in [2.05, 4.69) is 25.4 Å². The molecule has 0 saturated heterocycles. The summed E-state index contributed by atoms with van der Waals surface area (Å²) >= 11 is 5.95. The van der Waals surface area contributed by atoms with Crippen molar-refractivity contribution >= 4 is 11.6 Å². The Hall–Kier alpha value is -3.78. The number of benzene rings is 2. The van der Waals surface area contributed by atoms with Crippen LogP contribution >= 0.6 is 11.6 Å². The fraction of sp³-hybridized carbons (Fsp3) is 0.174. The Morgan fingerprint density at radius 2 is 1.75 bits per heavy atom. The molecule has 0 radical (unpaired) electrons. The highest BCUT2D eigenvalue weighted by atomic mass is 35.5. The van der Waals surface area contributed by atoms with Gasteiger partial charge in [-0.25, -0.2) is 9.67 Å². The molecule has 2 aromatic carbocycles. The van der Waals surface area contributed by atoms with Crippen LogP contribution in [0.25, 0.3) is 34.4 Å². The minimum absolute atomic E-state index is 0.302. The summed E-state index contributed by atoms with van der Waals surface area (Å²) in [6.45, 7) is 6.25. The van der Waals surface area contributed by atoms with Crippen LogP contribution in [0.2, 0.25) is 5.02 Å². The Morgan fingerprint density at radius 3 is 2.53 bits per heavy atom. The Morgan fingerprint density at radius 1 is 0.938 bits per heavy atom. The van der Waals surface area contributed by atoms with Crippen LogP contribution in [-0.4, -0.2) is 30.1 Å². The summed E-state index contributed by atoms with van der Waals surface area (Å²) in [7, 11) is 0. The number of aryl methyl sites for hydroxylation is 2. The van der Waals surface area contributed by atoms with Crippen LogP contribution in [-0.2, 0) is 6.54 Å². The summed E-state index contributed by atoms with van der Waals surface area (Å²) in [5, 5.41) is 13.2. The predicted octanol–water partition coefficient (Wildman–Crippen LogP) is 5.28. The van der Waals surface area contributed by atoms with Crippen LogP contribution in [0, 0.1) is 20.8 Å². The van der Waals surface area contributed by atoms with E-state index in [0.29, 0.717) is 34.9 Å². The van der Waals surface area contributed by atoms with Gasteiger partial charge in [0.15, 0.2) is 5.69 Å². The second-order valence-electron chi connectivity index (χ2n) is 7.50. The van der Waals surface area contributed by atoms with Crippen LogP contribution in [0.4, 0.5) is 0 Å². The van der Waals surface area contributed by atoms with Crippen LogP contribution in [0.1, 0.15) is 22.7 Å². The first kappa shape index (κ1) is 20.1. The van der Waals surface area contributed by atoms with E-state index in [0.717, 1.165) is 33.8 Å². The lowest BCUT2D eigenvalue weighted by atomic mass is 10.1. The minimum atomic E-state index is 0.302. The molecule has 9 heteroatoms. The average Bonchev–Trinajstić information content (AvgIpc) is 3.49. The molecule has 160 valence electrons. The van der Waals surface area contributed by atoms with Gasteiger partial charge in [0.1, 0.15) is 11.5 Å². The Bertz CT molecular complexity index is 1400. The quantitative estimate of drug-likeness (QED) is 0.362. The summed E-state index contributed by atoms with van der Waals surface area (Å²) in [5.41, 5.74) is 4.99. The van der Waals surface area contributed by atoms with Gasteiger partial charge in [-0.3, -0.25) is 0 Å². The molecule has 0 fully saturated rings. The van der Waals surface area contributed by atoms with Gasteiger partial charge in [0, 0.05) is 16.1 Å². The molecule has 0 unspecified atom stereocenters. The predicted molar refractivity (Wildman–Crippen MR) is 119 cm³/mol. The largest absolute Gasteiger partial charge is 0.441 e. The molecule has 3 aromatic heterocycles. The smallest absolute Gasteiger partial charge is 0.280 e. The molecular weight excluding hydrogens is 428 g/mol. The highest BCUT2D eigenvalue weighted by Crippen LogP contribution is 2.26. The van der Waals surface area contributed by atoms with Crippen molar-refractivity contribution in [1.29, 1.82) is 0 Å². The van der Waals surface area contributed by atoms with Gasteiger partial charge in [-0.15, -0.1) is 5.10 Å². The molecule has 32 heavy (non-hydrogen) atoms. The van der Waals surface area contributed by atoms with E-state index in [1.807, 2.05) is 57.2 Å². The molecule has 0 saturated carbocycles. The number of aromatic nitrogens is 6. The van der Waals surface area contributed by atoms with Gasteiger partial charge in [-0.05, 0) is 57.2 Å². The molecule has 0 spiro atoms. The molecule has 3 heterocycles. The summed E-state index contributed by atoms with van der Waals surface area (Å²) in [6, 6.07) is 15.3. The number of rotatable bonds is 5. The standard InChI is InChI=1S/C23H19ClN6O2/c1-13-5-4-6-17(11-13)22-25-19(15(3)31-22)12-30-14(2)20(27-29-30)23-26-21(28-32-23)16-7-9-18(24)10-8-16/h4-11H,12H2,1-3H3. The zero-order chi connectivity index (χ0) is 22.2. The molecule has 0 atom stereocenters. The molecule has 0 N–H and O–H groups in total. The monoisotopic (exact) mass is 446 g/mol. The Labute approximate surface area is 188 Å². The van der Waals surface area contributed by atoms with Crippen molar-refractivity contribution in [2.75, 3.05) is 0 Å². The average molecular weight is 447 g/mol. The van der Waals surface area contributed by atoms with Crippen molar-refractivity contribution in [2.45, 2.75) is 27.3 Å². The van der Waals surface area contributed by atoms with Crippen molar-refractivity contribution < 1.29 is 8.94 Å². The molecule has 0 bridgehead atoms.